The van der Waals surface area contributed by atoms with Gasteiger partial charge < -0.3 is 10.1 Å². The van der Waals surface area contributed by atoms with Gasteiger partial charge >= 0.3 is 0 Å². The van der Waals surface area contributed by atoms with Gasteiger partial charge in [0.25, 0.3) is 0 Å². The van der Waals surface area contributed by atoms with E-state index < -0.39 is 0 Å². The molecular formula is C19H29NO. The van der Waals surface area contributed by atoms with Crippen LogP contribution in [0.5, 0.6) is 0 Å². The van der Waals surface area contributed by atoms with Gasteiger partial charge in [0.15, 0.2) is 0 Å². The molecule has 0 aromatic heterocycles. The van der Waals surface area contributed by atoms with Crippen LogP contribution in [-0.2, 0) is 4.74 Å². The molecule has 0 radical (unpaired) electrons. The van der Waals surface area contributed by atoms with Crippen LogP contribution in [-0.4, -0.2) is 19.3 Å². The Hall–Kier alpha value is -0.860. The van der Waals surface area contributed by atoms with Gasteiger partial charge in [0, 0.05) is 6.61 Å². The number of hydrogen-bond donors (Lipinski definition) is 1. The Morgan fingerprint density at radius 1 is 1.05 bits per heavy atom. The molecule has 1 saturated carbocycles. The molecule has 3 rings (SSSR count). The summed E-state index contributed by atoms with van der Waals surface area (Å²) in [4.78, 5) is 0. The smallest absolute Gasteiger partial charge is 0.0770 e. The molecule has 116 valence electrons. The van der Waals surface area contributed by atoms with E-state index in [-0.39, 0.29) is 0 Å². The number of benzene rings is 1. The number of hydrogen-bond acceptors (Lipinski definition) is 2. The molecule has 1 heterocycles. The van der Waals surface area contributed by atoms with Crippen molar-refractivity contribution in [2.45, 2.75) is 69.9 Å². The van der Waals surface area contributed by atoms with E-state index >= 15 is 0 Å². The van der Waals surface area contributed by atoms with Gasteiger partial charge in [-0.2, -0.15) is 0 Å². The molecule has 2 atom stereocenters. The molecular weight excluding hydrogens is 258 g/mol. The monoisotopic (exact) mass is 287 g/mol. The number of likely N-dealkylation sites (N-methyl/N-ethyl adjacent to an activating group) is 1. The van der Waals surface area contributed by atoms with Gasteiger partial charge in [-0.3, -0.25) is 0 Å². The Balaban J connectivity index is 1.71. The SMILES string of the molecule is CCNC(c1ccc(C2CCCCC2)cc1)C1CCCO1. The molecule has 2 heteroatoms. The predicted molar refractivity (Wildman–Crippen MR) is 87.7 cm³/mol. The molecule has 1 aliphatic heterocycles. The van der Waals surface area contributed by atoms with E-state index in [1.54, 1.807) is 5.56 Å². The molecule has 21 heavy (non-hydrogen) atoms. The van der Waals surface area contributed by atoms with E-state index in [0.717, 1.165) is 19.1 Å². The maximum absolute atomic E-state index is 5.91. The van der Waals surface area contributed by atoms with Gasteiger partial charge in [-0.1, -0.05) is 50.5 Å². The molecule has 0 spiro atoms. The highest BCUT2D eigenvalue weighted by Crippen LogP contribution is 2.34. The van der Waals surface area contributed by atoms with Crippen LogP contribution in [0.25, 0.3) is 0 Å². The third kappa shape index (κ3) is 3.67. The predicted octanol–water partition coefficient (Wildman–Crippen LogP) is 4.56. The van der Waals surface area contributed by atoms with Gasteiger partial charge in [0.05, 0.1) is 12.1 Å². The van der Waals surface area contributed by atoms with E-state index in [1.807, 2.05) is 0 Å². The molecule has 1 aromatic carbocycles. The second kappa shape index (κ2) is 7.42. The van der Waals surface area contributed by atoms with Crippen LogP contribution in [0.3, 0.4) is 0 Å². The Morgan fingerprint density at radius 3 is 2.43 bits per heavy atom. The summed E-state index contributed by atoms with van der Waals surface area (Å²) in [5, 5.41) is 3.61. The Kier molecular flexibility index (Phi) is 5.32. The first kappa shape index (κ1) is 15.1. The highest BCUT2D eigenvalue weighted by Gasteiger charge is 2.26. The third-order valence-electron chi connectivity index (χ3n) is 5.13. The Bertz CT molecular complexity index is 416. The maximum atomic E-state index is 5.91. The van der Waals surface area contributed by atoms with Crippen LogP contribution in [0.15, 0.2) is 24.3 Å². The van der Waals surface area contributed by atoms with Crippen molar-refractivity contribution in [1.29, 1.82) is 0 Å². The van der Waals surface area contributed by atoms with Crippen molar-refractivity contribution in [1.82, 2.24) is 5.32 Å². The second-order valence-electron chi connectivity index (χ2n) is 6.59. The van der Waals surface area contributed by atoms with Crippen LogP contribution in [0.1, 0.15) is 75.0 Å². The second-order valence-corrected chi connectivity index (χ2v) is 6.59. The summed E-state index contributed by atoms with van der Waals surface area (Å²) in [5.74, 6) is 0.799. The summed E-state index contributed by atoms with van der Waals surface area (Å²) in [7, 11) is 0. The minimum atomic E-state index is 0.352. The molecule has 1 aromatic rings. The summed E-state index contributed by atoms with van der Waals surface area (Å²) in [6.45, 7) is 4.10. The lowest BCUT2D eigenvalue weighted by molar-refractivity contribution is 0.0788. The van der Waals surface area contributed by atoms with E-state index in [9.17, 15) is 0 Å². The maximum Gasteiger partial charge on any atom is 0.0770 e. The fourth-order valence-electron chi connectivity index (χ4n) is 3.96. The van der Waals surface area contributed by atoms with Gasteiger partial charge in [0.1, 0.15) is 0 Å². The highest BCUT2D eigenvalue weighted by atomic mass is 16.5. The molecule has 1 saturated heterocycles. The normalized spacial score (nSPS) is 25.1. The fourth-order valence-corrected chi connectivity index (χ4v) is 3.96. The van der Waals surface area contributed by atoms with Crippen molar-refractivity contribution in [2.75, 3.05) is 13.2 Å². The highest BCUT2D eigenvalue weighted by molar-refractivity contribution is 5.28. The van der Waals surface area contributed by atoms with Crippen molar-refractivity contribution in [3.8, 4) is 0 Å². The largest absolute Gasteiger partial charge is 0.376 e. The zero-order chi connectivity index (χ0) is 14.5. The van der Waals surface area contributed by atoms with Gasteiger partial charge in [-0.25, -0.2) is 0 Å². The van der Waals surface area contributed by atoms with Crippen LogP contribution >= 0.6 is 0 Å². The summed E-state index contributed by atoms with van der Waals surface area (Å²) in [6, 6.07) is 9.76. The van der Waals surface area contributed by atoms with Crippen LogP contribution in [0.4, 0.5) is 0 Å². The quantitative estimate of drug-likeness (QED) is 0.857. The van der Waals surface area contributed by atoms with Crippen molar-refractivity contribution < 1.29 is 4.74 Å². The lowest BCUT2D eigenvalue weighted by Crippen LogP contribution is -2.31. The summed E-state index contributed by atoms with van der Waals surface area (Å²) < 4.78 is 5.91. The first-order valence-corrected chi connectivity index (χ1v) is 8.83. The van der Waals surface area contributed by atoms with Crippen molar-refractivity contribution >= 4 is 0 Å². The van der Waals surface area contributed by atoms with Gasteiger partial charge in [-0.05, 0) is 49.3 Å². The van der Waals surface area contributed by atoms with Crippen LogP contribution < -0.4 is 5.32 Å². The van der Waals surface area contributed by atoms with Crippen molar-refractivity contribution in [3.05, 3.63) is 35.4 Å². The van der Waals surface area contributed by atoms with E-state index in [4.69, 9.17) is 4.74 Å². The van der Waals surface area contributed by atoms with E-state index in [1.165, 1.54) is 50.5 Å². The van der Waals surface area contributed by atoms with Crippen molar-refractivity contribution in [2.24, 2.45) is 0 Å². The minimum Gasteiger partial charge on any atom is -0.376 e. The number of nitrogens with one attached hydrogen (secondary N) is 1. The minimum absolute atomic E-state index is 0.352. The van der Waals surface area contributed by atoms with E-state index in [0.29, 0.717) is 12.1 Å². The molecule has 2 fully saturated rings. The molecule has 1 N–H and O–H groups in total. The third-order valence-corrected chi connectivity index (χ3v) is 5.13. The lowest BCUT2D eigenvalue weighted by atomic mass is 9.83. The molecule has 2 nitrogen and oxygen atoms in total. The van der Waals surface area contributed by atoms with Crippen LogP contribution in [0.2, 0.25) is 0 Å². The zero-order valence-corrected chi connectivity index (χ0v) is 13.3. The topological polar surface area (TPSA) is 21.3 Å². The first-order chi connectivity index (χ1) is 10.4. The van der Waals surface area contributed by atoms with Gasteiger partial charge in [0.2, 0.25) is 0 Å². The lowest BCUT2D eigenvalue weighted by Gasteiger charge is -2.26. The summed E-state index contributed by atoms with van der Waals surface area (Å²) >= 11 is 0. The molecule has 1 aliphatic carbocycles. The van der Waals surface area contributed by atoms with Crippen LogP contribution in [0, 0.1) is 0 Å². The zero-order valence-electron chi connectivity index (χ0n) is 13.3. The van der Waals surface area contributed by atoms with Gasteiger partial charge in [-0.15, -0.1) is 0 Å². The molecule has 2 aliphatic rings. The summed E-state index contributed by atoms with van der Waals surface area (Å²) in [6.07, 6.45) is 9.73. The number of rotatable bonds is 5. The molecule has 0 bridgehead atoms. The Morgan fingerprint density at radius 2 is 1.81 bits per heavy atom. The molecule has 2 unspecified atom stereocenters. The van der Waals surface area contributed by atoms with Crippen molar-refractivity contribution in [3.63, 3.8) is 0 Å². The van der Waals surface area contributed by atoms with E-state index in [2.05, 4.69) is 36.5 Å². The average molecular weight is 287 g/mol. The number of ether oxygens (including phenoxy) is 1. The molecule has 0 amide bonds. The first-order valence-electron chi connectivity index (χ1n) is 8.83. The average Bonchev–Trinajstić information content (AvgIpc) is 3.08. The summed E-state index contributed by atoms with van der Waals surface area (Å²) in [5.41, 5.74) is 2.93. The Labute approximate surface area is 129 Å². The standard InChI is InChI=1S/C19H29NO/c1-2-20-19(18-9-6-14-21-18)17-12-10-16(11-13-17)15-7-4-3-5-8-15/h10-13,15,18-20H,2-9,14H2,1H3. The fraction of sp³-hybridized carbons (Fsp3) is 0.684.